The van der Waals surface area contributed by atoms with Gasteiger partial charge in [-0.25, -0.2) is 12.8 Å². The minimum atomic E-state index is -3.82. The van der Waals surface area contributed by atoms with Crippen molar-refractivity contribution in [1.29, 1.82) is 0 Å². The molecule has 190 valence electrons. The summed E-state index contributed by atoms with van der Waals surface area (Å²) in [7, 11) is -3.82. The number of pyridine rings is 1. The zero-order valence-corrected chi connectivity index (χ0v) is 20.6. The van der Waals surface area contributed by atoms with E-state index in [9.17, 15) is 22.7 Å². The van der Waals surface area contributed by atoms with Gasteiger partial charge >= 0.3 is 0 Å². The van der Waals surface area contributed by atoms with Crippen molar-refractivity contribution in [1.82, 2.24) is 14.8 Å². The van der Waals surface area contributed by atoms with Crippen molar-refractivity contribution in [2.75, 3.05) is 36.8 Å². The average molecular weight is 515 g/mol. The average Bonchev–Trinajstić information content (AvgIpc) is 3.19. The molecule has 9 nitrogen and oxygen atoms in total. The molecule has 0 saturated carbocycles. The van der Waals surface area contributed by atoms with Crippen LogP contribution in [0.25, 0.3) is 10.9 Å². The smallest absolute Gasteiger partial charge is 0.258 e. The first-order valence-corrected chi connectivity index (χ1v) is 13.4. The predicted molar refractivity (Wildman–Crippen MR) is 133 cm³/mol. The number of rotatable bonds is 7. The second-order valence-electron chi connectivity index (χ2n) is 9.15. The van der Waals surface area contributed by atoms with Crippen molar-refractivity contribution in [2.24, 2.45) is 0 Å². The number of morpholine rings is 1. The Hall–Kier alpha value is -3.28. The minimum Gasteiger partial charge on any atom is -0.505 e. The third kappa shape index (κ3) is 4.73. The molecule has 11 heteroatoms. The number of halogens is 1. The zero-order chi connectivity index (χ0) is 25.4. The van der Waals surface area contributed by atoms with Gasteiger partial charge in [-0.2, -0.15) is 0 Å². The summed E-state index contributed by atoms with van der Waals surface area (Å²) in [5.74, 6) is -1.25. The Morgan fingerprint density at radius 1 is 1.19 bits per heavy atom. The molecule has 0 spiro atoms. The number of amides is 1. The summed E-state index contributed by atoms with van der Waals surface area (Å²) in [6.45, 7) is 4.56. The highest BCUT2D eigenvalue weighted by Gasteiger charge is 2.36. The molecule has 3 aromatic rings. The van der Waals surface area contributed by atoms with Crippen LogP contribution in [0.3, 0.4) is 0 Å². The SMILES string of the molecule is CC(CS(=O)(=O)Nc1c2c(c(O)c3ncccc13)C(=O)N(Cc1ccc(F)cc1)C2)N1CCOCC1. The fraction of sp³-hybridized carbons (Fsp3) is 0.360. The molecular weight excluding hydrogens is 487 g/mol. The lowest BCUT2D eigenvalue weighted by atomic mass is 10.0. The molecule has 2 aromatic carbocycles. The number of nitrogens with zero attached hydrogens (tertiary/aromatic N) is 3. The standard InChI is InChI=1S/C25H27FN4O5S/c1-16(29-9-11-35-12-10-29)15-36(33,34)28-22-19-3-2-8-27-23(19)24(31)21-20(22)14-30(25(21)32)13-17-4-6-18(26)7-5-17/h2-8,16,28,31H,9-15H2,1H3. The Balaban J connectivity index is 1.49. The van der Waals surface area contributed by atoms with Gasteiger partial charge in [-0.15, -0.1) is 0 Å². The van der Waals surface area contributed by atoms with Crippen molar-refractivity contribution in [2.45, 2.75) is 26.1 Å². The number of carbonyl (C=O) groups excluding carboxylic acids is 1. The van der Waals surface area contributed by atoms with Gasteiger partial charge in [0.2, 0.25) is 10.0 Å². The van der Waals surface area contributed by atoms with Crippen molar-refractivity contribution in [3.8, 4) is 5.75 Å². The number of nitrogens with one attached hydrogen (secondary N) is 1. The predicted octanol–water partition coefficient (Wildman–Crippen LogP) is 2.70. The summed E-state index contributed by atoms with van der Waals surface area (Å²) in [5, 5.41) is 11.4. The topological polar surface area (TPSA) is 112 Å². The van der Waals surface area contributed by atoms with Crippen LogP contribution in [-0.4, -0.2) is 72.3 Å². The first-order valence-electron chi connectivity index (χ1n) is 11.7. The molecule has 1 amide bonds. The van der Waals surface area contributed by atoms with Gasteiger partial charge in [0, 0.05) is 49.4 Å². The lowest BCUT2D eigenvalue weighted by molar-refractivity contribution is 0.0243. The summed E-state index contributed by atoms with van der Waals surface area (Å²) in [4.78, 5) is 21.1. The van der Waals surface area contributed by atoms with E-state index in [1.54, 1.807) is 24.3 Å². The number of sulfonamides is 1. The molecule has 2 aliphatic rings. The number of hydrogen-bond acceptors (Lipinski definition) is 7. The summed E-state index contributed by atoms with van der Waals surface area (Å²) >= 11 is 0. The molecular formula is C25H27FN4O5S. The molecule has 2 aliphatic heterocycles. The molecule has 36 heavy (non-hydrogen) atoms. The Morgan fingerprint density at radius 2 is 1.92 bits per heavy atom. The van der Waals surface area contributed by atoms with E-state index < -0.39 is 15.9 Å². The van der Waals surface area contributed by atoms with Crippen molar-refractivity contribution in [3.05, 3.63) is 65.1 Å². The minimum absolute atomic E-state index is 0.0299. The highest BCUT2D eigenvalue weighted by molar-refractivity contribution is 7.92. The summed E-state index contributed by atoms with van der Waals surface area (Å²) in [6.07, 6.45) is 1.48. The molecule has 1 aromatic heterocycles. The van der Waals surface area contributed by atoms with Crippen LogP contribution >= 0.6 is 0 Å². The van der Waals surface area contributed by atoms with E-state index in [-0.39, 0.29) is 53.2 Å². The van der Waals surface area contributed by atoms with Gasteiger partial charge in [0.05, 0.1) is 30.2 Å². The third-order valence-corrected chi connectivity index (χ3v) is 8.10. The molecule has 1 unspecified atom stereocenters. The quantitative estimate of drug-likeness (QED) is 0.466. The highest BCUT2D eigenvalue weighted by Crippen LogP contribution is 2.43. The first-order chi connectivity index (χ1) is 17.2. The third-order valence-electron chi connectivity index (χ3n) is 6.67. The number of anilines is 1. The monoisotopic (exact) mass is 514 g/mol. The van der Waals surface area contributed by atoms with E-state index in [1.165, 1.54) is 23.2 Å². The first kappa shape index (κ1) is 24.4. The normalized spacial score (nSPS) is 17.4. The van der Waals surface area contributed by atoms with Gasteiger partial charge in [-0.05, 0) is 36.8 Å². The maximum Gasteiger partial charge on any atom is 0.258 e. The van der Waals surface area contributed by atoms with Crippen molar-refractivity contribution < 1.29 is 27.4 Å². The van der Waals surface area contributed by atoms with E-state index in [1.807, 2.05) is 6.92 Å². The summed E-state index contributed by atoms with van der Waals surface area (Å²) < 4.78 is 48.0. The van der Waals surface area contributed by atoms with Gasteiger partial charge < -0.3 is 14.7 Å². The van der Waals surface area contributed by atoms with Crippen LogP contribution in [0.2, 0.25) is 0 Å². The van der Waals surface area contributed by atoms with Crippen molar-refractivity contribution >= 4 is 32.5 Å². The van der Waals surface area contributed by atoms with Crippen LogP contribution in [0, 0.1) is 5.82 Å². The Labute approximate surface area is 208 Å². The Kier molecular flexibility index (Phi) is 6.54. The molecule has 5 rings (SSSR count). The maximum absolute atomic E-state index is 13.3. The highest BCUT2D eigenvalue weighted by atomic mass is 32.2. The van der Waals surface area contributed by atoms with Crippen molar-refractivity contribution in [3.63, 3.8) is 0 Å². The number of benzene rings is 2. The maximum atomic E-state index is 13.3. The fourth-order valence-electron chi connectivity index (χ4n) is 4.85. The number of phenols is 1. The second kappa shape index (κ2) is 9.64. The second-order valence-corrected chi connectivity index (χ2v) is 10.9. The van der Waals surface area contributed by atoms with E-state index >= 15 is 0 Å². The summed E-state index contributed by atoms with van der Waals surface area (Å²) in [5.41, 5.74) is 1.52. The van der Waals surface area contributed by atoms with Crippen LogP contribution < -0.4 is 4.72 Å². The number of fused-ring (bicyclic) bond motifs is 2. The van der Waals surface area contributed by atoms with E-state index in [0.717, 1.165) is 0 Å². The number of hydrogen-bond donors (Lipinski definition) is 2. The van der Waals surface area contributed by atoms with Crippen LogP contribution in [0.15, 0.2) is 42.6 Å². The van der Waals surface area contributed by atoms with Gasteiger partial charge in [-0.3, -0.25) is 19.4 Å². The zero-order valence-electron chi connectivity index (χ0n) is 19.8. The molecule has 1 saturated heterocycles. The van der Waals surface area contributed by atoms with E-state index in [2.05, 4.69) is 14.6 Å². The fourth-order valence-corrected chi connectivity index (χ4v) is 6.32. The Morgan fingerprint density at radius 3 is 2.64 bits per heavy atom. The summed E-state index contributed by atoms with van der Waals surface area (Å²) in [6, 6.07) is 8.87. The molecule has 3 heterocycles. The largest absolute Gasteiger partial charge is 0.505 e. The lowest BCUT2D eigenvalue weighted by Gasteiger charge is -2.32. The molecule has 2 N–H and O–H groups in total. The number of aromatic nitrogens is 1. The molecule has 0 aliphatic carbocycles. The number of carbonyl (C=O) groups is 1. The molecule has 1 atom stereocenters. The van der Waals surface area contributed by atoms with E-state index in [4.69, 9.17) is 4.74 Å². The van der Waals surface area contributed by atoms with Crippen LogP contribution in [-0.2, 0) is 27.8 Å². The van der Waals surface area contributed by atoms with Crippen LogP contribution in [0.1, 0.15) is 28.4 Å². The van der Waals surface area contributed by atoms with Crippen LogP contribution in [0.5, 0.6) is 5.75 Å². The number of ether oxygens (including phenoxy) is 1. The Bertz CT molecular complexity index is 1410. The van der Waals surface area contributed by atoms with Gasteiger partial charge in [0.25, 0.3) is 5.91 Å². The number of phenolic OH excluding ortho intramolecular Hbond substituents is 1. The van der Waals surface area contributed by atoms with E-state index in [0.29, 0.717) is 42.8 Å². The van der Waals surface area contributed by atoms with Crippen LogP contribution in [0.4, 0.5) is 10.1 Å². The number of aromatic hydroxyl groups is 1. The van der Waals surface area contributed by atoms with Gasteiger partial charge in [-0.1, -0.05) is 12.1 Å². The molecule has 0 radical (unpaired) electrons. The lowest BCUT2D eigenvalue weighted by Crippen LogP contribution is -2.45. The van der Waals surface area contributed by atoms with Gasteiger partial charge in [0.15, 0.2) is 5.75 Å². The van der Waals surface area contributed by atoms with Gasteiger partial charge in [0.1, 0.15) is 11.3 Å². The molecule has 0 bridgehead atoms. The molecule has 1 fully saturated rings.